The molecular weight excluding hydrogens is 350 g/mol. The monoisotopic (exact) mass is 367 g/mol. The van der Waals surface area contributed by atoms with Gasteiger partial charge in [-0.15, -0.1) is 11.3 Å². The van der Waals surface area contributed by atoms with Crippen molar-refractivity contribution < 1.29 is 9.84 Å². The van der Waals surface area contributed by atoms with Gasteiger partial charge in [-0.2, -0.15) is 5.26 Å². The molecule has 2 aromatic heterocycles. The summed E-state index contributed by atoms with van der Waals surface area (Å²) in [6.07, 6.45) is 3.71. The molecule has 0 aliphatic heterocycles. The van der Waals surface area contributed by atoms with Gasteiger partial charge in [-0.3, -0.25) is 9.36 Å². The Morgan fingerprint density at radius 3 is 2.92 bits per heavy atom. The minimum atomic E-state index is -0.839. The molecule has 1 aliphatic rings. The second kappa shape index (κ2) is 6.90. The quantitative estimate of drug-likeness (QED) is 0.747. The summed E-state index contributed by atoms with van der Waals surface area (Å²) in [7, 11) is 0. The second-order valence-electron chi connectivity index (χ2n) is 6.34. The first-order chi connectivity index (χ1) is 12.7. The molecule has 1 aliphatic carbocycles. The molecular formula is C19H17N3O3S. The molecule has 2 heterocycles. The molecule has 0 spiro atoms. The van der Waals surface area contributed by atoms with Gasteiger partial charge < -0.3 is 9.84 Å². The van der Waals surface area contributed by atoms with Crippen molar-refractivity contribution in [2.75, 3.05) is 6.61 Å². The third kappa shape index (κ3) is 3.09. The highest BCUT2D eigenvalue weighted by Crippen LogP contribution is 2.34. The molecule has 4 rings (SSSR count). The predicted octanol–water partition coefficient (Wildman–Crippen LogP) is 2.26. The van der Waals surface area contributed by atoms with Gasteiger partial charge in [-0.1, -0.05) is 0 Å². The molecule has 7 heteroatoms. The van der Waals surface area contributed by atoms with Crippen molar-refractivity contribution in [1.82, 2.24) is 9.55 Å². The molecule has 1 aromatic carbocycles. The van der Waals surface area contributed by atoms with Crippen molar-refractivity contribution in [3.8, 4) is 11.8 Å². The van der Waals surface area contributed by atoms with E-state index in [-0.39, 0.29) is 18.7 Å². The van der Waals surface area contributed by atoms with E-state index in [1.54, 1.807) is 35.6 Å². The molecule has 0 radical (unpaired) electrons. The molecule has 1 unspecified atom stereocenters. The van der Waals surface area contributed by atoms with Gasteiger partial charge in [-0.05, 0) is 49.1 Å². The van der Waals surface area contributed by atoms with E-state index in [0.29, 0.717) is 16.7 Å². The summed E-state index contributed by atoms with van der Waals surface area (Å²) in [5, 5.41) is 19.7. The van der Waals surface area contributed by atoms with Crippen LogP contribution in [-0.2, 0) is 19.4 Å². The fourth-order valence-corrected chi connectivity index (χ4v) is 4.47. The number of hydrogen-bond acceptors (Lipinski definition) is 6. The van der Waals surface area contributed by atoms with Crippen LogP contribution in [0.15, 0.2) is 35.4 Å². The van der Waals surface area contributed by atoms with Crippen molar-refractivity contribution in [2.24, 2.45) is 0 Å². The van der Waals surface area contributed by atoms with Gasteiger partial charge in [0.25, 0.3) is 5.56 Å². The molecule has 6 nitrogen and oxygen atoms in total. The maximum atomic E-state index is 12.8. The van der Waals surface area contributed by atoms with Crippen LogP contribution in [0.1, 0.15) is 22.4 Å². The van der Waals surface area contributed by atoms with Crippen LogP contribution in [0.25, 0.3) is 10.2 Å². The number of ether oxygens (including phenoxy) is 1. The van der Waals surface area contributed by atoms with Gasteiger partial charge in [0, 0.05) is 4.88 Å². The van der Waals surface area contributed by atoms with Crippen LogP contribution in [0.2, 0.25) is 0 Å². The van der Waals surface area contributed by atoms with Crippen molar-refractivity contribution in [3.63, 3.8) is 0 Å². The van der Waals surface area contributed by atoms with Gasteiger partial charge in [0.05, 0.1) is 29.9 Å². The average Bonchev–Trinajstić information content (AvgIpc) is 3.24. The SMILES string of the molecule is N#Cc1ccc(OCC(O)Cn2cnc3sc4c(c3c2=O)CCC4)cc1. The maximum Gasteiger partial charge on any atom is 0.262 e. The van der Waals surface area contributed by atoms with E-state index < -0.39 is 6.10 Å². The van der Waals surface area contributed by atoms with Gasteiger partial charge in [0.2, 0.25) is 0 Å². The van der Waals surface area contributed by atoms with Crippen molar-refractivity contribution in [1.29, 1.82) is 5.26 Å². The Morgan fingerprint density at radius 1 is 1.35 bits per heavy atom. The lowest BCUT2D eigenvalue weighted by molar-refractivity contribution is 0.0915. The first-order valence-electron chi connectivity index (χ1n) is 8.46. The third-order valence-corrected chi connectivity index (χ3v) is 5.72. The van der Waals surface area contributed by atoms with Crippen LogP contribution >= 0.6 is 11.3 Å². The number of aliphatic hydroxyl groups excluding tert-OH is 1. The number of aromatic nitrogens is 2. The van der Waals surface area contributed by atoms with E-state index in [1.165, 1.54) is 15.8 Å². The summed E-state index contributed by atoms with van der Waals surface area (Å²) in [5.74, 6) is 0.569. The molecule has 26 heavy (non-hydrogen) atoms. The summed E-state index contributed by atoms with van der Waals surface area (Å²) in [5.41, 5.74) is 1.60. The normalized spacial score (nSPS) is 14.2. The first kappa shape index (κ1) is 16.8. The highest BCUT2D eigenvalue weighted by molar-refractivity contribution is 7.18. The Balaban J connectivity index is 1.47. The number of aryl methyl sites for hydroxylation is 2. The number of aliphatic hydroxyl groups is 1. The number of rotatable bonds is 5. The van der Waals surface area contributed by atoms with E-state index >= 15 is 0 Å². The van der Waals surface area contributed by atoms with E-state index in [0.717, 1.165) is 29.7 Å². The average molecular weight is 367 g/mol. The summed E-state index contributed by atoms with van der Waals surface area (Å²) in [4.78, 5) is 19.2. The first-order valence-corrected chi connectivity index (χ1v) is 9.28. The topological polar surface area (TPSA) is 88.1 Å². The van der Waals surface area contributed by atoms with Gasteiger partial charge >= 0.3 is 0 Å². The Morgan fingerprint density at radius 2 is 2.15 bits per heavy atom. The predicted molar refractivity (Wildman–Crippen MR) is 98.6 cm³/mol. The molecule has 0 bridgehead atoms. The van der Waals surface area contributed by atoms with Crippen LogP contribution in [0.5, 0.6) is 5.75 Å². The van der Waals surface area contributed by atoms with Crippen molar-refractivity contribution in [3.05, 3.63) is 57.0 Å². The molecule has 0 saturated carbocycles. The molecule has 132 valence electrons. The van der Waals surface area contributed by atoms with E-state index in [9.17, 15) is 9.90 Å². The standard InChI is InChI=1S/C19H17N3O3S/c20-8-12-4-6-14(7-5-12)25-10-13(23)9-22-11-21-18-17(19(22)24)15-2-1-3-16(15)26-18/h4-7,11,13,23H,1-3,9-10H2. The van der Waals surface area contributed by atoms with Gasteiger partial charge in [0.1, 0.15) is 23.3 Å². The van der Waals surface area contributed by atoms with Crippen LogP contribution in [0.4, 0.5) is 0 Å². The number of hydrogen-bond donors (Lipinski definition) is 1. The summed E-state index contributed by atoms with van der Waals surface area (Å²) >= 11 is 1.60. The summed E-state index contributed by atoms with van der Waals surface area (Å²) in [6, 6.07) is 8.71. The highest BCUT2D eigenvalue weighted by Gasteiger charge is 2.21. The molecule has 0 saturated heterocycles. The Labute approximate surface area is 153 Å². The Hall–Kier alpha value is -2.69. The fraction of sp³-hybridized carbons (Fsp3) is 0.316. The smallest absolute Gasteiger partial charge is 0.262 e. The van der Waals surface area contributed by atoms with Crippen LogP contribution in [-0.4, -0.2) is 27.4 Å². The number of benzene rings is 1. The Kier molecular flexibility index (Phi) is 4.45. The zero-order valence-corrected chi connectivity index (χ0v) is 14.8. The lowest BCUT2D eigenvalue weighted by atomic mass is 10.2. The van der Waals surface area contributed by atoms with Crippen LogP contribution in [0.3, 0.4) is 0 Å². The van der Waals surface area contributed by atoms with Crippen LogP contribution < -0.4 is 10.3 Å². The lowest BCUT2D eigenvalue weighted by Crippen LogP contribution is -2.30. The largest absolute Gasteiger partial charge is 0.491 e. The molecule has 1 N–H and O–H groups in total. The number of thiophene rings is 1. The Bertz CT molecular complexity index is 1050. The van der Waals surface area contributed by atoms with Gasteiger partial charge in [0.15, 0.2) is 0 Å². The van der Waals surface area contributed by atoms with E-state index in [2.05, 4.69) is 4.98 Å². The highest BCUT2D eigenvalue weighted by atomic mass is 32.1. The van der Waals surface area contributed by atoms with E-state index in [1.807, 2.05) is 6.07 Å². The molecule has 1 atom stereocenters. The van der Waals surface area contributed by atoms with E-state index in [4.69, 9.17) is 10.00 Å². The minimum absolute atomic E-state index is 0.0537. The van der Waals surface area contributed by atoms with Gasteiger partial charge in [-0.25, -0.2) is 4.98 Å². The second-order valence-corrected chi connectivity index (χ2v) is 7.42. The third-order valence-electron chi connectivity index (χ3n) is 4.53. The lowest BCUT2D eigenvalue weighted by Gasteiger charge is -2.14. The summed E-state index contributed by atoms with van der Waals surface area (Å²) in [6.45, 7) is 0.181. The fourth-order valence-electron chi connectivity index (χ4n) is 3.25. The minimum Gasteiger partial charge on any atom is -0.491 e. The molecule has 3 aromatic rings. The number of nitrogens with zero attached hydrogens (tertiary/aromatic N) is 3. The van der Waals surface area contributed by atoms with Crippen molar-refractivity contribution in [2.45, 2.75) is 31.9 Å². The number of fused-ring (bicyclic) bond motifs is 3. The summed E-state index contributed by atoms with van der Waals surface area (Å²) < 4.78 is 6.99. The van der Waals surface area contributed by atoms with Crippen molar-refractivity contribution >= 4 is 21.6 Å². The molecule has 0 fully saturated rings. The zero-order chi connectivity index (χ0) is 18.1. The molecule has 0 amide bonds. The zero-order valence-electron chi connectivity index (χ0n) is 14.0. The number of nitriles is 1. The maximum absolute atomic E-state index is 12.8. The van der Waals surface area contributed by atoms with Crippen LogP contribution in [0, 0.1) is 11.3 Å².